The number of phenols is 2. The molecule has 3 N–H and O–H groups in total. The number of phenolic OH excluding ortho intramolecular Hbond substituents is 2. The van der Waals surface area contributed by atoms with Crippen molar-refractivity contribution in [2.45, 2.75) is 4.90 Å². The standard InChI is InChI=1S/C18H13NO6S/c1-26(23,24)11-2-3-12-9(8-19-13(12)7-11)4-16-18(22)17-14(21)5-10(20)6-15(17)25-16/h2-8,19-21H,1H3. The predicted octanol–water partition coefficient (Wildman–Crippen LogP) is 2.60. The number of rotatable bonds is 2. The summed E-state index contributed by atoms with van der Waals surface area (Å²) in [6.45, 7) is 0. The number of carbonyl (C=O) groups is 1. The molecular weight excluding hydrogens is 358 g/mol. The minimum atomic E-state index is -3.33. The van der Waals surface area contributed by atoms with Crippen LogP contribution in [0.2, 0.25) is 0 Å². The molecule has 8 heteroatoms. The molecule has 0 amide bonds. The Hall–Kier alpha value is -3.26. The predicted molar refractivity (Wildman–Crippen MR) is 94.1 cm³/mol. The van der Waals surface area contributed by atoms with E-state index in [0.717, 1.165) is 12.3 Å². The van der Waals surface area contributed by atoms with Crippen molar-refractivity contribution in [2.75, 3.05) is 6.26 Å². The van der Waals surface area contributed by atoms with E-state index >= 15 is 0 Å². The van der Waals surface area contributed by atoms with Crippen LogP contribution < -0.4 is 4.74 Å². The smallest absolute Gasteiger partial charge is 0.235 e. The van der Waals surface area contributed by atoms with Gasteiger partial charge in [0, 0.05) is 41.1 Å². The maximum atomic E-state index is 12.5. The van der Waals surface area contributed by atoms with Gasteiger partial charge in [-0.2, -0.15) is 0 Å². The zero-order chi connectivity index (χ0) is 18.6. The highest BCUT2D eigenvalue weighted by atomic mass is 32.2. The lowest BCUT2D eigenvalue weighted by Crippen LogP contribution is -1.98. The first-order valence-electron chi connectivity index (χ1n) is 7.55. The van der Waals surface area contributed by atoms with Crippen molar-refractivity contribution in [3.63, 3.8) is 0 Å². The number of hydrogen-bond donors (Lipinski definition) is 3. The van der Waals surface area contributed by atoms with Gasteiger partial charge in [0.1, 0.15) is 22.8 Å². The van der Waals surface area contributed by atoms with Crippen molar-refractivity contribution in [3.05, 3.63) is 53.4 Å². The molecule has 0 fully saturated rings. The molecule has 2 aromatic carbocycles. The molecule has 4 rings (SSSR count). The van der Waals surface area contributed by atoms with Crippen LogP contribution in [-0.4, -0.2) is 35.7 Å². The minimum absolute atomic E-state index is 0.00557. The lowest BCUT2D eigenvalue weighted by Gasteiger charge is -2.00. The van der Waals surface area contributed by atoms with Gasteiger partial charge in [0.15, 0.2) is 15.6 Å². The molecular formula is C18H13NO6S. The van der Waals surface area contributed by atoms with Crippen molar-refractivity contribution < 1.29 is 28.2 Å². The number of allylic oxidation sites excluding steroid dienone is 1. The Balaban J connectivity index is 1.78. The Morgan fingerprint density at radius 3 is 2.65 bits per heavy atom. The van der Waals surface area contributed by atoms with Gasteiger partial charge in [-0.15, -0.1) is 0 Å². The average molecular weight is 371 g/mol. The number of H-pyrrole nitrogens is 1. The highest BCUT2D eigenvalue weighted by Gasteiger charge is 2.31. The summed E-state index contributed by atoms with van der Waals surface area (Å²) in [5, 5.41) is 20.1. The first-order valence-corrected chi connectivity index (χ1v) is 9.44. The number of sulfone groups is 1. The number of ether oxygens (including phenoxy) is 1. The molecule has 1 aliphatic rings. The third-order valence-electron chi connectivity index (χ3n) is 4.14. The number of aromatic hydroxyl groups is 2. The largest absolute Gasteiger partial charge is 0.508 e. The summed E-state index contributed by atoms with van der Waals surface area (Å²) in [6.07, 6.45) is 4.25. The zero-order valence-corrected chi connectivity index (χ0v) is 14.3. The van der Waals surface area contributed by atoms with Gasteiger partial charge in [-0.25, -0.2) is 8.42 Å². The quantitative estimate of drug-likeness (QED) is 0.596. The summed E-state index contributed by atoms with van der Waals surface area (Å²) in [6, 6.07) is 6.97. The number of carbonyl (C=O) groups excluding carboxylic acids is 1. The van der Waals surface area contributed by atoms with Crippen LogP contribution >= 0.6 is 0 Å². The van der Waals surface area contributed by atoms with E-state index in [9.17, 15) is 23.4 Å². The van der Waals surface area contributed by atoms with E-state index in [4.69, 9.17) is 4.74 Å². The molecule has 2 heterocycles. The maximum Gasteiger partial charge on any atom is 0.235 e. The monoisotopic (exact) mass is 371 g/mol. The number of nitrogens with one attached hydrogen (secondary N) is 1. The van der Waals surface area contributed by atoms with E-state index in [0.29, 0.717) is 16.5 Å². The third kappa shape index (κ3) is 2.51. The summed E-state index contributed by atoms with van der Waals surface area (Å²) >= 11 is 0. The molecule has 132 valence electrons. The number of ketones is 1. The Kier molecular flexibility index (Phi) is 3.35. The van der Waals surface area contributed by atoms with E-state index in [1.807, 2.05) is 0 Å². The van der Waals surface area contributed by atoms with Crippen molar-refractivity contribution in [1.82, 2.24) is 4.98 Å². The molecule has 0 saturated heterocycles. The molecule has 0 spiro atoms. The second kappa shape index (κ2) is 5.37. The van der Waals surface area contributed by atoms with Crippen molar-refractivity contribution >= 4 is 32.6 Å². The fourth-order valence-electron chi connectivity index (χ4n) is 2.90. The van der Waals surface area contributed by atoms with Gasteiger partial charge in [-0.05, 0) is 18.2 Å². The molecule has 26 heavy (non-hydrogen) atoms. The summed E-state index contributed by atoms with van der Waals surface area (Å²) in [7, 11) is -3.33. The number of benzene rings is 2. The lowest BCUT2D eigenvalue weighted by molar-refractivity contribution is 0.101. The zero-order valence-electron chi connectivity index (χ0n) is 13.5. The second-order valence-electron chi connectivity index (χ2n) is 6.00. The van der Waals surface area contributed by atoms with Gasteiger partial charge in [0.25, 0.3) is 0 Å². The fourth-order valence-corrected chi connectivity index (χ4v) is 3.54. The second-order valence-corrected chi connectivity index (χ2v) is 8.02. The summed E-state index contributed by atoms with van der Waals surface area (Å²) in [5.74, 6) is -0.993. The molecule has 0 atom stereocenters. The fraction of sp³-hybridized carbons (Fsp3) is 0.0556. The highest BCUT2D eigenvalue weighted by molar-refractivity contribution is 7.90. The minimum Gasteiger partial charge on any atom is -0.508 e. The Labute approximate surface area is 148 Å². The van der Waals surface area contributed by atoms with Crippen LogP contribution in [0.5, 0.6) is 17.2 Å². The van der Waals surface area contributed by atoms with Crippen LogP contribution in [0, 0.1) is 0 Å². The van der Waals surface area contributed by atoms with Crippen LogP contribution in [0.15, 0.2) is 47.2 Å². The highest BCUT2D eigenvalue weighted by Crippen LogP contribution is 2.40. The number of aromatic nitrogens is 1. The number of aromatic amines is 1. The van der Waals surface area contributed by atoms with Gasteiger partial charge >= 0.3 is 0 Å². The molecule has 0 unspecified atom stereocenters. The number of fused-ring (bicyclic) bond motifs is 2. The molecule has 1 aliphatic heterocycles. The first-order chi connectivity index (χ1) is 12.2. The van der Waals surface area contributed by atoms with Crippen molar-refractivity contribution in [3.8, 4) is 17.2 Å². The topological polar surface area (TPSA) is 117 Å². The molecule has 7 nitrogen and oxygen atoms in total. The van der Waals surface area contributed by atoms with Crippen LogP contribution in [0.25, 0.3) is 17.0 Å². The molecule has 1 aromatic heterocycles. The normalized spacial score (nSPS) is 15.4. The average Bonchev–Trinajstić information content (AvgIpc) is 3.08. The summed E-state index contributed by atoms with van der Waals surface area (Å²) in [5.41, 5.74) is 1.22. The Bertz CT molecular complexity index is 1220. The number of hydrogen-bond acceptors (Lipinski definition) is 6. The van der Waals surface area contributed by atoms with Gasteiger partial charge < -0.3 is 19.9 Å². The van der Waals surface area contributed by atoms with Gasteiger partial charge in [0.05, 0.1) is 4.90 Å². The van der Waals surface area contributed by atoms with E-state index in [-0.39, 0.29) is 33.5 Å². The van der Waals surface area contributed by atoms with E-state index in [1.165, 1.54) is 24.3 Å². The van der Waals surface area contributed by atoms with E-state index < -0.39 is 15.6 Å². The molecule has 0 bridgehead atoms. The summed E-state index contributed by atoms with van der Waals surface area (Å²) < 4.78 is 28.8. The van der Waals surface area contributed by atoms with E-state index in [2.05, 4.69) is 4.98 Å². The molecule has 0 saturated carbocycles. The molecule has 0 aliphatic carbocycles. The maximum absolute atomic E-state index is 12.5. The van der Waals surface area contributed by atoms with Crippen molar-refractivity contribution in [1.29, 1.82) is 0 Å². The van der Waals surface area contributed by atoms with Crippen LogP contribution in [0.4, 0.5) is 0 Å². The van der Waals surface area contributed by atoms with Crippen LogP contribution in [0.1, 0.15) is 15.9 Å². The first kappa shape index (κ1) is 16.2. The molecule has 3 aromatic rings. The third-order valence-corrected chi connectivity index (χ3v) is 5.25. The van der Waals surface area contributed by atoms with Gasteiger partial charge in [-0.3, -0.25) is 4.79 Å². The van der Waals surface area contributed by atoms with Crippen molar-refractivity contribution in [2.24, 2.45) is 0 Å². The summed E-state index contributed by atoms with van der Waals surface area (Å²) in [4.78, 5) is 15.6. The number of Topliss-reactive ketones (excluding diaryl/α,β-unsaturated/α-hetero) is 1. The Morgan fingerprint density at radius 1 is 1.15 bits per heavy atom. The van der Waals surface area contributed by atoms with E-state index in [1.54, 1.807) is 12.3 Å². The van der Waals surface area contributed by atoms with Gasteiger partial charge in [-0.1, -0.05) is 6.07 Å². The Morgan fingerprint density at radius 2 is 1.92 bits per heavy atom. The van der Waals surface area contributed by atoms with Crippen LogP contribution in [-0.2, 0) is 9.84 Å². The lowest BCUT2D eigenvalue weighted by atomic mass is 10.1. The van der Waals surface area contributed by atoms with Crippen LogP contribution in [0.3, 0.4) is 0 Å². The van der Waals surface area contributed by atoms with Gasteiger partial charge in [0.2, 0.25) is 5.78 Å². The molecule has 0 radical (unpaired) electrons. The SMILES string of the molecule is CS(=O)(=O)c1ccc2c(C=C3Oc4cc(O)cc(O)c4C3=O)c[nH]c2c1.